The Labute approximate surface area is 187 Å². The van der Waals surface area contributed by atoms with Gasteiger partial charge in [0, 0.05) is 26.2 Å². The van der Waals surface area contributed by atoms with Crippen LogP contribution in [0.2, 0.25) is 0 Å². The number of hydrogen-bond acceptors (Lipinski definition) is 3. The van der Waals surface area contributed by atoms with E-state index in [2.05, 4.69) is 25.8 Å². The van der Waals surface area contributed by atoms with Gasteiger partial charge in [-0.05, 0) is 92.9 Å². The first-order valence-corrected chi connectivity index (χ1v) is 13.0. The van der Waals surface area contributed by atoms with Crippen molar-refractivity contribution in [3.05, 3.63) is 0 Å². The highest BCUT2D eigenvalue weighted by Crippen LogP contribution is 2.70. The van der Waals surface area contributed by atoms with Crippen LogP contribution in [-0.4, -0.2) is 60.0 Å². The van der Waals surface area contributed by atoms with Crippen LogP contribution in [0.15, 0.2) is 0 Å². The fraction of sp³-hybridized carbons (Fsp3) is 0.923. The van der Waals surface area contributed by atoms with Crippen LogP contribution in [0.1, 0.15) is 78.1 Å². The first-order chi connectivity index (χ1) is 14.7. The number of aliphatic carboxylic acids is 1. The van der Waals surface area contributed by atoms with E-state index >= 15 is 0 Å². The molecule has 2 unspecified atom stereocenters. The van der Waals surface area contributed by atoms with Crippen molar-refractivity contribution in [2.45, 2.75) is 78.1 Å². The zero-order valence-electron chi connectivity index (χ0n) is 19.9. The summed E-state index contributed by atoms with van der Waals surface area (Å²) in [6, 6.07) is 0. The Bertz CT molecular complexity index is 747. The molecular formula is C26H42N2O3. The van der Waals surface area contributed by atoms with Crippen molar-refractivity contribution in [3.63, 3.8) is 0 Å². The van der Waals surface area contributed by atoms with Crippen molar-refractivity contribution in [3.8, 4) is 0 Å². The minimum absolute atomic E-state index is 0.0749. The Morgan fingerprint density at radius 2 is 1.55 bits per heavy atom. The van der Waals surface area contributed by atoms with Gasteiger partial charge in [0.1, 0.15) is 0 Å². The molecule has 1 amide bonds. The van der Waals surface area contributed by atoms with E-state index in [1.54, 1.807) is 0 Å². The van der Waals surface area contributed by atoms with Crippen molar-refractivity contribution in [2.24, 2.45) is 39.9 Å². The van der Waals surface area contributed by atoms with E-state index in [1.165, 1.54) is 38.5 Å². The molecule has 1 saturated heterocycles. The number of rotatable bonds is 2. The molecule has 174 valence electrons. The van der Waals surface area contributed by atoms with Crippen molar-refractivity contribution < 1.29 is 14.7 Å². The highest BCUT2D eigenvalue weighted by molar-refractivity contribution is 6.03. The van der Waals surface area contributed by atoms with Gasteiger partial charge in [0.2, 0.25) is 5.91 Å². The van der Waals surface area contributed by atoms with E-state index in [0.29, 0.717) is 36.8 Å². The lowest BCUT2D eigenvalue weighted by Gasteiger charge is -2.61. The molecule has 5 fully saturated rings. The SMILES string of the molecule is CN1CCN(C(=O)C2(C(=O)O)CC[C@H]3[C@@H]4CCC5CCCC[C@]5(C)[C@@H]4CC[C@@]32C)CC1. The Morgan fingerprint density at radius 1 is 0.839 bits per heavy atom. The summed E-state index contributed by atoms with van der Waals surface area (Å²) >= 11 is 0. The van der Waals surface area contributed by atoms with Gasteiger partial charge >= 0.3 is 5.97 Å². The number of carboxylic acids is 1. The van der Waals surface area contributed by atoms with Gasteiger partial charge in [-0.1, -0.05) is 26.7 Å². The van der Waals surface area contributed by atoms with Crippen LogP contribution >= 0.6 is 0 Å². The zero-order chi connectivity index (χ0) is 22.0. The smallest absolute Gasteiger partial charge is 0.319 e. The maximum Gasteiger partial charge on any atom is 0.319 e. The van der Waals surface area contributed by atoms with Crippen molar-refractivity contribution in [1.29, 1.82) is 0 Å². The molecule has 0 spiro atoms. The predicted octanol–water partition coefficient (Wildman–Crippen LogP) is 4.26. The number of nitrogens with zero attached hydrogens (tertiary/aromatic N) is 2. The molecule has 4 aliphatic carbocycles. The van der Waals surface area contributed by atoms with Gasteiger partial charge in [0.15, 0.2) is 5.41 Å². The van der Waals surface area contributed by atoms with Crippen molar-refractivity contribution in [2.75, 3.05) is 33.2 Å². The van der Waals surface area contributed by atoms with Crippen LogP contribution in [0.5, 0.6) is 0 Å². The fourth-order valence-electron chi connectivity index (χ4n) is 9.41. The van der Waals surface area contributed by atoms with Gasteiger partial charge in [-0.15, -0.1) is 0 Å². The highest BCUT2D eigenvalue weighted by Gasteiger charge is 2.70. The topological polar surface area (TPSA) is 60.9 Å². The quantitative estimate of drug-likeness (QED) is 0.665. The van der Waals surface area contributed by atoms with E-state index in [1.807, 2.05) is 4.90 Å². The molecule has 0 aromatic heterocycles. The highest BCUT2D eigenvalue weighted by atomic mass is 16.4. The second-order valence-electron chi connectivity index (χ2n) is 12.2. The first-order valence-electron chi connectivity index (χ1n) is 13.0. The second kappa shape index (κ2) is 7.46. The Morgan fingerprint density at radius 3 is 2.26 bits per heavy atom. The molecular weight excluding hydrogens is 388 g/mol. The molecule has 4 saturated carbocycles. The van der Waals surface area contributed by atoms with Gasteiger partial charge in [0.05, 0.1) is 0 Å². The lowest BCUT2D eigenvalue weighted by atomic mass is 9.43. The summed E-state index contributed by atoms with van der Waals surface area (Å²) in [7, 11) is 2.07. The number of fused-ring (bicyclic) bond motifs is 5. The molecule has 0 radical (unpaired) electrons. The molecule has 0 bridgehead atoms. The van der Waals surface area contributed by atoms with E-state index in [4.69, 9.17) is 0 Å². The van der Waals surface area contributed by atoms with Crippen LogP contribution in [0.4, 0.5) is 0 Å². The summed E-state index contributed by atoms with van der Waals surface area (Å²) in [5.41, 5.74) is -1.18. The lowest BCUT2D eigenvalue weighted by molar-refractivity contribution is -0.180. The minimum Gasteiger partial charge on any atom is -0.480 e. The summed E-state index contributed by atoms with van der Waals surface area (Å²) in [5.74, 6) is 1.67. The third kappa shape index (κ3) is 2.90. The van der Waals surface area contributed by atoms with Crippen LogP contribution in [-0.2, 0) is 9.59 Å². The predicted molar refractivity (Wildman–Crippen MR) is 120 cm³/mol. The van der Waals surface area contributed by atoms with Gasteiger partial charge in [-0.2, -0.15) is 0 Å². The molecule has 1 heterocycles. The Balaban J connectivity index is 1.46. The average Bonchev–Trinajstić information content (AvgIpc) is 3.07. The van der Waals surface area contributed by atoms with E-state index in [0.717, 1.165) is 44.2 Å². The number of piperazine rings is 1. The van der Waals surface area contributed by atoms with Crippen molar-refractivity contribution >= 4 is 11.9 Å². The van der Waals surface area contributed by atoms with Crippen LogP contribution < -0.4 is 0 Å². The normalized spacial score (nSPS) is 47.9. The average molecular weight is 431 g/mol. The van der Waals surface area contributed by atoms with E-state index < -0.39 is 16.8 Å². The minimum atomic E-state index is -1.22. The van der Waals surface area contributed by atoms with Crippen LogP contribution in [0, 0.1) is 39.9 Å². The molecule has 1 aliphatic heterocycles. The largest absolute Gasteiger partial charge is 0.480 e. The number of amides is 1. The Kier molecular flexibility index (Phi) is 5.23. The number of carboxylic acid groups (broad SMARTS) is 1. The molecule has 7 atom stereocenters. The van der Waals surface area contributed by atoms with E-state index in [-0.39, 0.29) is 5.91 Å². The third-order valence-electron chi connectivity index (χ3n) is 11.3. The van der Waals surface area contributed by atoms with Gasteiger partial charge in [0.25, 0.3) is 0 Å². The Hall–Kier alpha value is -1.10. The fourth-order valence-corrected chi connectivity index (χ4v) is 9.41. The standard InChI is InChI=1S/C26H42N2O3/c1-24-11-5-4-6-18(24)7-8-19-20(24)9-12-25(2)21(19)10-13-26(25,23(30)31)22(29)28-16-14-27(3)15-17-28/h18-21H,4-17H2,1-3H3,(H,30,31)/t18?,19-,20-,21+,24+,25+,26?/m1/s1. The van der Waals surface area contributed by atoms with Gasteiger partial charge in [-0.3, -0.25) is 9.59 Å². The summed E-state index contributed by atoms with van der Waals surface area (Å²) in [6.45, 7) is 7.76. The maximum absolute atomic E-state index is 13.9. The van der Waals surface area contributed by atoms with Crippen molar-refractivity contribution in [1.82, 2.24) is 9.80 Å². The molecule has 5 aliphatic rings. The van der Waals surface area contributed by atoms with Crippen LogP contribution in [0.25, 0.3) is 0 Å². The van der Waals surface area contributed by atoms with Crippen LogP contribution in [0.3, 0.4) is 0 Å². The molecule has 31 heavy (non-hydrogen) atoms. The second-order valence-corrected chi connectivity index (χ2v) is 12.2. The zero-order valence-corrected chi connectivity index (χ0v) is 19.9. The molecule has 5 rings (SSSR count). The monoisotopic (exact) mass is 430 g/mol. The third-order valence-corrected chi connectivity index (χ3v) is 11.3. The summed E-state index contributed by atoms with van der Waals surface area (Å²) in [4.78, 5) is 30.9. The molecule has 5 nitrogen and oxygen atoms in total. The number of carbonyl (C=O) groups excluding carboxylic acids is 1. The molecule has 0 aromatic rings. The van der Waals surface area contributed by atoms with E-state index in [9.17, 15) is 14.7 Å². The van der Waals surface area contributed by atoms with Gasteiger partial charge < -0.3 is 14.9 Å². The molecule has 1 N–H and O–H groups in total. The molecule has 5 heteroatoms. The first kappa shape index (κ1) is 21.7. The van der Waals surface area contributed by atoms with Gasteiger partial charge in [-0.25, -0.2) is 0 Å². The summed E-state index contributed by atoms with van der Waals surface area (Å²) in [5, 5.41) is 10.6. The lowest BCUT2D eigenvalue weighted by Crippen LogP contribution is -2.62. The number of carbonyl (C=O) groups is 2. The summed E-state index contributed by atoms with van der Waals surface area (Å²) in [6.07, 6.45) is 11.6. The number of likely N-dealkylation sites (N-methyl/N-ethyl adjacent to an activating group) is 1. The number of hydrogen-bond donors (Lipinski definition) is 1. The molecule has 0 aromatic carbocycles. The maximum atomic E-state index is 13.9. The summed E-state index contributed by atoms with van der Waals surface area (Å²) < 4.78 is 0.